The highest BCUT2D eigenvalue weighted by atomic mass is 16.6. The molecule has 1 aromatic heterocycles. The molecule has 110 valence electrons. The minimum atomic E-state index is -0.385. The van der Waals surface area contributed by atoms with Crippen LogP contribution >= 0.6 is 0 Å². The molecule has 0 spiro atoms. The fraction of sp³-hybridized carbons (Fsp3) is 0.400. The van der Waals surface area contributed by atoms with Crippen molar-refractivity contribution in [2.45, 2.75) is 26.3 Å². The number of nitrogens with one attached hydrogen (secondary N) is 2. The number of nitro groups is 1. The SMILES string of the molecule is Cc1[nH]c(CNCC2CC2)nc1-c1cccc([N+](=O)[O-])c1. The third-order valence-corrected chi connectivity index (χ3v) is 3.69. The van der Waals surface area contributed by atoms with Crippen LogP contribution in [0.25, 0.3) is 11.3 Å². The summed E-state index contributed by atoms with van der Waals surface area (Å²) in [6.07, 6.45) is 2.65. The molecule has 0 atom stereocenters. The third kappa shape index (κ3) is 3.28. The van der Waals surface area contributed by atoms with Gasteiger partial charge in [0.15, 0.2) is 0 Å². The maximum Gasteiger partial charge on any atom is 0.270 e. The molecule has 2 N–H and O–H groups in total. The zero-order chi connectivity index (χ0) is 14.8. The number of H-pyrrole nitrogens is 1. The molecular formula is C15H18N4O2. The van der Waals surface area contributed by atoms with Gasteiger partial charge in [-0.25, -0.2) is 4.98 Å². The lowest BCUT2D eigenvalue weighted by Gasteiger charge is -2.00. The number of aromatic nitrogens is 2. The van der Waals surface area contributed by atoms with Gasteiger partial charge in [-0.15, -0.1) is 0 Å². The van der Waals surface area contributed by atoms with E-state index in [9.17, 15) is 10.1 Å². The van der Waals surface area contributed by atoms with Crippen LogP contribution in [0.15, 0.2) is 24.3 Å². The van der Waals surface area contributed by atoms with Crippen molar-refractivity contribution in [1.82, 2.24) is 15.3 Å². The molecule has 1 aliphatic rings. The quantitative estimate of drug-likeness (QED) is 0.631. The summed E-state index contributed by atoms with van der Waals surface area (Å²) in [5.74, 6) is 1.70. The van der Waals surface area contributed by atoms with Gasteiger partial charge in [0.2, 0.25) is 0 Å². The minimum absolute atomic E-state index is 0.0864. The second-order valence-electron chi connectivity index (χ2n) is 5.54. The number of aryl methyl sites for hydroxylation is 1. The van der Waals surface area contributed by atoms with Crippen LogP contribution in [0.4, 0.5) is 5.69 Å². The molecule has 0 unspecified atom stereocenters. The summed E-state index contributed by atoms with van der Waals surface area (Å²) in [5, 5.41) is 14.2. The van der Waals surface area contributed by atoms with Gasteiger partial charge in [-0.1, -0.05) is 12.1 Å². The molecular weight excluding hydrogens is 268 g/mol. The fourth-order valence-electron chi connectivity index (χ4n) is 2.37. The molecule has 2 aromatic rings. The standard InChI is InChI=1S/C15H18N4O2/c1-10-15(12-3-2-4-13(7-12)19(20)21)18-14(17-10)9-16-8-11-5-6-11/h2-4,7,11,16H,5-6,8-9H2,1H3,(H,17,18). The normalized spacial score (nSPS) is 14.3. The smallest absolute Gasteiger partial charge is 0.270 e. The first-order chi connectivity index (χ1) is 10.1. The summed E-state index contributed by atoms with van der Waals surface area (Å²) in [4.78, 5) is 18.3. The van der Waals surface area contributed by atoms with Crippen LogP contribution in [-0.4, -0.2) is 21.4 Å². The first-order valence-corrected chi connectivity index (χ1v) is 7.14. The summed E-state index contributed by atoms with van der Waals surface area (Å²) >= 11 is 0. The Labute approximate surface area is 122 Å². The first-order valence-electron chi connectivity index (χ1n) is 7.14. The minimum Gasteiger partial charge on any atom is -0.344 e. The summed E-state index contributed by atoms with van der Waals surface area (Å²) < 4.78 is 0. The average Bonchev–Trinajstić information content (AvgIpc) is 3.21. The van der Waals surface area contributed by atoms with Gasteiger partial charge in [0, 0.05) is 23.4 Å². The molecule has 1 aromatic carbocycles. The third-order valence-electron chi connectivity index (χ3n) is 3.69. The summed E-state index contributed by atoms with van der Waals surface area (Å²) in [6, 6.07) is 6.58. The van der Waals surface area contributed by atoms with Crippen molar-refractivity contribution in [3.63, 3.8) is 0 Å². The zero-order valence-electron chi connectivity index (χ0n) is 11.9. The number of rotatable bonds is 6. The van der Waals surface area contributed by atoms with E-state index in [1.54, 1.807) is 12.1 Å². The van der Waals surface area contributed by atoms with E-state index in [-0.39, 0.29) is 10.6 Å². The lowest BCUT2D eigenvalue weighted by molar-refractivity contribution is -0.384. The Kier molecular flexibility index (Phi) is 3.70. The van der Waals surface area contributed by atoms with Crippen molar-refractivity contribution in [3.05, 3.63) is 45.9 Å². The zero-order valence-corrected chi connectivity index (χ0v) is 11.9. The van der Waals surface area contributed by atoms with Crippen molar-refractivity contribution in [2.75, 3.05) is 6.54 Å². The molecule has 1 saturated carbocycles. The lowest BCUT2D eigenvalue weighted by atomic mass is 10.1. The molecule has 0 saturated heterocycles. The number of hydrogen-bond acceptors (Lipinski definition) is 4. The van der Waals surface area contributed by atoms with Crippen LogP contribution in [0.1, 0.15) is 24.4 Å². The maximum atomic E-state index is 10.9. The topological polar surface area (TPSA) is 83.8 Å². The van der Waals surface area contributed by atoms with Crippen molar-refractivity contribution < 1.29 is 4.92 Å². The predicted octanol–water partition coefficient (Wildman–Crippen LogP) is 2.79. The number of imidazole rings is 1. The number of aromatic amines is 1. The summed E-state index contributed by atoms with van der Waals surface area (Å²) in [7, 11) is 0. The highest BCUT2D eigenvalue weighted by Gasteiger charge is 2.20. The van der Waals surface area contributed by atoms with Gasteiger partial charge < -0.3 is 10.3 Å². The number of benzene rings is 1. The monoisotopic (exact) mass is 286 g/mol. The largest absolute Gasteiger partial charge is 0.344 e. The van der Waals surface area contributed by atoms with Crippen LogP contribution in [-0.2, 0) is 6.54 Å². The highest BCUT2D eigenvalue weighted by Crippen LogP contribution is 2.28. The van der Waals surface area contributed by atoms with Crippen molar-refractivity contribution in [3.8, 4) is 11.3 Å². The maximum absolute atomic E-state index is 10.9. The van der Waals surface area contributed by atoms with Gasteiger partial charge in [-0.2, -0.15) is 0 Å². The van der Waals surface area contributed by atoms with E-state index >= 15 is 0 Å². The molecule has 1 aliphatic carbocycles. The number of nitrogens with zero attached hydrogens (tertiary/aromatic N) is 2. The molecule has 0 radical (unpaired) electrons. The summed E-state index contributed by atoms with van der Waals surface area (Å²) in [6.45, 7) is 3.67. The molecule has 3 rings (SSSR count). The molecule has 1 fully saturated rings. The molecule has 21 heavy (non-hydrogen) atoms. The second-order valence-corrected chi connectivity index (χ2v) is 5.54. The molecule has 0 bridgehead atoms. The summed E-state index contributed by atoms with van der Waals surface area (Å²) in [5.41, 5.74) is 2.57. The molecule has 0 amide bonds. The van der Waals surface area contributed by atoms with Crippen molar-refractivity contribution in [1.29, 1.82) is 0 Å². The van der Waals surface area contributed by atoms with E-state index < -0.39 is 0 Å². The van der Waals surface area contributed by atoms with E-state index in [4.69, 9.17) is 0 Å². The van der Waals surface area contributed by atoms with Gasteiger partial charge in [0.25, 0.3) is 5.69 Å². The van der Waals surface area contributed by atoms with E-state index in [1.807, 2.05) is 13.0 Å². The van der Waals surface area contributed by atoms with E-state index in [2.05, 4.69) is 15.3 Å². The number of non-ortho nitro benzene ring substituents is 1. The Balaban J connectivity index is 1.76. The van der Waals surface area contributed by atoms with E-state index in [0.717, 1.165) is 35.2 Å². The second kappa shape index (κ2) is 5.65. The van der Waals surface area contributed by atoms with Crippen LogP contribution in [0.5, 0.6) is 0 Å². The Hall–Kier alpha value is -2.21. The van der Waals surface area contributed by atoms with Crippen LogP contribution < -0.4 is 5.32 Å². The Morgan fingerprint density at radius 3 is 3.00 bits per heavy atom. The Morgan fingerprint density at radius 1 is 1.48 bits per heavy atom. The van der Waals surface area contributed by atoms with Gasteiger partial charge >= 0.3 is 0 Å². The van der Waals surface area contributed by atoms with Crippen LogP contribution in [0.3, 0.4) is 0 Å². The Morgan fingerprint density at radius 2 is 2.29 bits per heavy atom. The van der Waals surface area contributed by atoms with E-state index in [0.29, 0.717) is 6.54 Å². The fourth-order valence-corrected chi connectivity index (χ4v) is 2.37. The van der Waals surface area contributed by atoms with Crippen molar-refractivity contribution in [2.24, 2.45) is 5.92 Å². The first kappa shape index (κ1) is 13.8. The highest BCUT2D eigenvalue weighted by molar-refractivity contribution is 5.64. The Bertz CT molecular complexity index is 661. The molecule has 0 aliphatic heterocycles. The van der Waals surface area contributed by atoms with Crippen LogP contribution in [0.2, 0.25) is 0 Å². The van der Waals surface area contributed by atoms with Crippen LogP contribution in [0, 0.1) is 23.0 Å². The van der Waals surface area contributed by atoms with Gasteiger partial charge in [-0.05, 0) is 32.2 Å². The number of nitro benzene ring substituents is 1. The predicted molar refractivity (Wildman–Crippen MR) is 79.8 cm³/mol. The average molecular weight is 286 g/mol. The lowest BCUT2D eigenvalue weighted by Crippen LogP contribution is -2.16. The number of hydrogen-bond donors (Lipinski definition) is 2. The van der Waals surface area contributed by atoms with E-state index in [1.165, 1.54) is 18.9 Å². The molecule has 6 heteroatoms. The van der Waals surface area contributed by atoms with Gasteiger partial charge in [0.05, 0.1) is 17.2 Å². The van der Waals surface area contributed by atoms with Crippen molar-refractivity contribution >= 4 is 5.69 Å². The van der Waals surface area contributed by atoms with Gasteiger partial charge in [0.1, 0.15) is 5.82 Å². The van der Waals surface area contributed by atoms with Gasteiger partial charge in [-0.3, -0.25) is 10.1 Å². The molecule has 6 nitrogen and oxygen atoms in total. The molecule has 1 heterocycles.